The quantitative estimate of drug-likeness (QED) is 0.699. The molecule has 0 bridgehead atoms. The molecule has 1 aromatic heterocycles. The van der Waals surface area contributed by atoms with Gasteiger partial charge in [0, 0.05) is 20.6 Å². The van der Waals surface area contributed by atoms with Crippen molar-refractivity contribution in [2.45, 2.75) is 0 Å². The van der Waals surface area contributed by atoms with Crippen molar-refractivity contribution in [3.05, 3.63) is 50.6 Å². The van der Waals surface area contributed by atoms with Crippen molar-refractivity contribution in [3.63, 3.8) is 0 Å². The summed E-state index contributed by atoms with van der Waals surface area (Å²) in [5.41, 5.74) is 0.902. The van der Waals surface area contributed by atoms with Crippen molar-refractivity contribution < 1.29 is 4.42 Å². The van der Waals surface area contributed by atoms with E-state index in [4.69, 9.17) is 14.9 Å². The Balaban J connectivity index is 2.43. The molecule has 0 spiro atoms. The Morgan fingerprint density at radius 2 is 1.84 bits per heavy atom. The molecule has 0 aliphatic rings. The summed E-state index contributed by atoms with van der Waals surface area (Å²) in [6.45, 7) is 0. The topological polar surface area (TPSA) is 60.7 Å². The van der Waals surface area contributed by atoms with Gasteiger partial charge in [-0.15, -0.1) is 0 Å². The Morgan fingerprint density at radius 1 is 1.11 bits per heavy atom. The Kier molecular flexibility index (Phi) is 4.21. The van der Waals surface area contributed by atoms with Crippen molar-refractivity contribution in [2.24, 2.45) is 0 Å². The molecule has 0 N–H and O–H groups in total. The zero-order valence-electron chi connectivity index (χ0n) is 9.52. The molecule has 2 rings (SSSR count). The number of hydrogen-bond acceptors (Lipinski definition) is 3. The van der Waals surface area contributed by atoms with Crippen LogP contribution in [-0.4, -0.2) is 0 Å². The van der Waals surface area contributed by atoms with Crippen LogP contribution in [0.15, 0.2) is 49.3 Å². The van der Waals surface area contributed by atoms with Gasteiger partial charge in [-0.05, 0) is 30.3 Å². The van der Waals surface area contributed by atoms with Crippen molar-refractivity contribution in [3.8, 4) is 23.5 Å². The Labute approximate surface area is 127 Å². The highest BCUT2D eigenvalue weighted by atomic mass is 79.9. The van der Waals surface area contributed by atoms with Crippen LogP contribution in [0.4, 0.5) is 0 Å². The van der Waals surface area contributed by atoms with E-state index in [1.54, 1.807) is 24.3 Å². The summed E-state index contributed by atoms with van der Waals surface area (Å²) < 4.78 is 7.45. The molecule has 2 aromatic rings. The average Bonchev–Trinajstić information content (AvgIpc) is 2.87. The van der Waals surface area contributed by atoms with E-state index < -0.39 is 0 Å². The molecule has 0 saturated heterocycles. The summed E-state index contributed by atoms with van der Waals surface area (Å²) in [6.07, 6.45) is 1.41. The normalized spacial score (nSPS) is 9.47. The van der Waals surface area contributed by atoms with Crippen LogP contribution in [0.3, 0.4) is 0 Å². The lowest BCUT2D eigenvalue weighted by Crippen LogP contribution is -1.77. The third-order valence-electron chi connectivity index (χ3n) is 2.35. The van der Waals surface area contributed by atoms with Gasteiger partial charge >= 0.3 is 0 Å². The average molecular weight is 378 g/mol. The lowest BCUT2D eigenvalue weighted by molar-refractivity contribution is 0.571. The van der Waals surface area contributed by atoms with Gasteiger partial charge in [0.25, 0.3) is 0 Å². The SMILES string of the molecule is N#CC(C#N)=Cc1ccc(-c2cc(Br)ccc2Br)o1. The van der Waals surface area contributed by atoms with Crippen LogP contribution >= 0.6 is 31.9 Å². The molecule has 92 valence electrons. The highest BCUT2D eigenvalue weighted by molar-refractivity contribution is 9.11. The summed E-state index contributed by atoms with van der Waals surface area (Å²) in [6, 6.07) is 12.9. The first-order valence-electron chi connectivity index (χ1n) is 5.21. The van der Waals surface area contributed by atoms with Crippen molar-refractivity contribution >= 4 is 37.9 Å². The molecule has 0 radical (unpaired) electrons. The first-order valence-corrected chi connectivity index (χ1v) is 6.80. The Bertz CT molecular complexity index is 717. The second kappa shape index (κ2) is 5.88. The summed E-state index contributed by atoms with van der Waals surface area (Å²) in [7, 11) is 0. The second-order valence-electron chi connectivity index (χ2n) is 3.61. The molecule has 1 aromatic carbocycles. The third-order valence-corrected chi connectivity index (χ3v) is 3.53. The van der Waals surface area contributed by atoms with Crippen molar-refractivity contribution in [1.82, 2.24) is 0 Å². The number of halogens is 2. The van der Waals surface area contributed by atoms with Gasteiger partial charge in [0.1, 0.15) is 29.2 Å². The maximum absolute atomic E-state index is 8.70. The van der Waals surface area contributed by atoms with E-state index in [1.165, 1.54) is 6.08 Å². The molecular weight excluding hydrogens is 372 g/mol. The van der Waals surface area contributed by atoms with E-state index in [0.717, 1.165) is 14.5 Å². The smallest absolute Gasteiger partial charge is 0.135 e. The van der Waals surface area contributed by atoms with Gasteiger partial charge in [-0.3, -0.25) is 0 Å². The molecule has 3 nitrogen and oxygen atoms in total. The second-order valence-corrected chi connectivity index (χ2v) is 5.38. The number of hydrogen-bond donors (Lipinski definition) is 0. The van der Waals surface area contributed by atoms with E-state index in [1.807, 2.05) is 18.2 Å². The van der Waals surface area contributed by atoms with Gasteiger partial charge in [0.2, 0.25) is 0 Å². The molecule has 0 unspecified atom stereocenters. The summed E-state index contributed by atoms with van der Waals surface area (Å²) in [5, 5.41) is 17.4. The predicted molar refractivity (Wildman–Crippen MR) is 78.7 cm³/mol. The van der Waals surface area contributed by atoms with E-state index in [9.17, 15) is 0 Å². The number of allylic oxidation sites excluding steroid dienone is 1. The largest absolute Gasteiger partial charge is 0.457 e. The Morgan fingerprint density at radius 3 is 2.53 bits per heavy atom. The highest BCUT2D eigenvalue weighted by Crippen LogP contribution is 2.32. The minimum Gasteiger partial charge on any atom is -0.457 e. The van der Waals surface area contributed by atoms with Gasteiger partial charge in [-0.2, -0.15) is 10.5 Å². The van der Waals surface area contributed by atoms with Gasteiger partial charge in [-0.25, -0.2) is 0 Å². The molecule has 0 amide bonds. The van der Waals surface area contributed by atoms with E-state index in [0.29, 0.717) is 11.5 Å². The van der Waals surface area contributed by atoms with Crippen LogP contribution < -0.4 is 0 Å². The molecule has 0 atom stereocenters. The molecule has 0 fully saturated rings. The van der Waals surface area contributed by atoms with Crippen LogP contribution in [-0.2, 0) is 0 Å². The van der Waals surface area contributed by atoms with Crippen LogP contribution in [0.25, 0.3) is 17.4 Å². The van der Waals surface area contributed by atoms with E-state index in [-0.39, 0.29) is 5.57 Å². The fourth-order valence-corrected chi connectivity index (χ4v) is 2.30. The molecule has 0 saturated carbocycles. The van der Waals surface area contributed by atoms with E-state index in [2.05, 4.69) is 31.9 Å². The fraction of sp³-hybridized carbons (Fsp3) is 0. The van der Waals surface area contributed by atoms with Crippen LogP contribution in [0.2, 0.25) is 0 Å². The highest BCUT2D eigenvalue weighted by Gasteiger charge is 2.08. The third kappa shape index (κ3) is 3.14. The summed E-state index contributed by atoms with van der Waals surface area (Å²) in [4.78, 5) is 0. The molecule has 1 heterocycles. The number of nitrogens with zero attached hydrogens (tertiary/aromatic N) is 2. The van der Waals surface area contributed by atoms with Gasteiger partial charge in [0.15, 0.2) is 0 Å². The maximum atomic E-state index is 8.70. The van der Waals surface area contributed by atoms with Gasteiger partial charge in [0.05, 0.1) is 0 Å². The standard InChI is InChI=1S/C14H6Br2N2O/c15-10-1-3-13(16)12(6-10)14-4-2-11(19-14)5-9(7-17)8-18/h1-6H. The summed E-state index contributed by atoms with van der Waals surface area (Å²) in [5.74, 6) is 1.13. The molecule has 0 aliphatic carbocycles. The predicted octanol–water partition coefficient (Wildman–Crippen LogP) is 4.90. The summed E-state index contributed by atoms with van der Waals surface area (Å²) >= 11 is 6.86. The lowest BCUT2D eigenvalue weighted by atomic mass is 10.2. The maximum Gasteiger partial charge on any atom is 0.135 e. The molecular formula is C14H6Br2N2O. The number of rotatable bonds is 2. The lowest BCUT2D eigenvalue weighted by Gasteiger charge is -2.01. The molecule has 19 heavy (non-hydrogen) atoms. The Hall–Kier alpha value is -1.82. The molecule has 0 aliphatic heterocycles. The van der Waals surface area contributed by atoms with Crippen LogP contribution in [0.1, 0.15) is 5.76 Å². The van der Waals surface area contributed by atoms with E-state index >= 15 is 0 Å². The zero-order chi connectivity index (χ0) is 13.8. The minimum absolute atomic E-state index is 0.00853. The monoisotopic (exact) mass is 376 g/mol. The number of benzene rings is 1. The number of furan rings is 1. The minimum atomic E-state index is 0.00853. The van der Waals surface area contributed by atoms with Gasteiger partial charge < -0.3 is 4.42 Å². The van der Waals surface area contributed by atoms with Crippen LogP contribution in [0.5, 0.6) is 0 Å². The molecule has 5 heteroatoms. The van der Waals surface area contributed by atoms with Gasteiger partial charge in [-0.1, -0.05) is 31.9 Å². The first kappa shape index (κ1) is 13.6. The first-order chi connectivity index (χ1) is 9.13. The van der Waals surface area contributed by atoms with Crippen LogP contribution in [0, 0.1) is 22.7 Å². The zero-order valence-corrected chi connectivity index (χ0v) is 12.7. The fourth-order valence-electron chi connectivity index (χ4n) is 1.49. The number of nitriles is 2. The van der Waals surface area contributed by atoms with Crippen molar-refractivity contribution in [1.29, 1.82) is 10.5 Å². The van der Waals surface area contributed by atoms with Crippen molar-refractivity contribution in [2.75, 3.05) is 0 Å².